The Balaban J connectivity index is 1.51. The number of hydrogen-bond acceptors (Lipinski definition) is 6. The summed E-state index contributed by atoms with van der Waals surface area (Å²) >= 11 is 0. The molecule has 3 N–H and O–H groups in total. The van der Waals surface area contributed by atoms with Gasteiger partial charge in [0.2, 0.25) is 5.91 Å². The van der Waals surface area contributed by atoms with Crippen molar-refractivity contribution >= 4 is 23.5 Å². The molecule has 2 saturated carbocycles. The third-order valence-corrected chi connectivity index (χ3v) is 7.00. The van der Waals surface area contributed by atoms with Crippen LogP contribution in [0, 0.1) is 12.8 Å². The number of nitrogens with zero attached hydrogens (tertiary/aromatic N) is 4. The van der Waals surface area contributed by atoms with Crippen molar-refractivity contribution in [3.05, 3.63) is 40.8 Å². The van der Waals surface area contributed by atoms with Crippen molar-refractivity contribution in [3.63, 3.8) is 0 Å². The van der Waals surface area contributed by atoms with Crippen LogP contribution in [0.2, 0.25) is 0 Å². The number of fused-ring (bicyclic) bond motifs is 2. The van der Waals surface area contributed by atoms with Gasteiger partial charge in [-0.15, -0.1) is 0 Å². The standard InChI is InChI=1S/C23H28N6O3/c1-14-11-18(29(32)20-19(14)22(31)28-23(20)9-5-2-6-10-23)26-16-12-17(25-13-24-16)27-21(30)15-7-3-4-8-15/h11-13,15,32H,2-10H2,1H3,(H,28,31)(H,24,25,27,30). The Bertz CT molecular complexity index is 1140. The minimum atomic E-state index is -0.554. The normalized spacial score (nSPS) is 20.4. The molecule has 2 amide bonds. The van der Waals surface area contributed by atoms with Crippen LogP contribution in [0.5, 0.6) is 0 Å². The summed E-state index contributed by atoms with van der Waals surface area (Å²) in [5.74, 6) is 0.563. The van der Waals surface area contributed by atoms with Crippen LogP contribution >= 0.6 is 0 Å². The summed E-state index contributed by atoms with van der Waals surface area (Å²) in [5.41, 5.74) is 1.61. The first-order valence-electron chi connectivity index (χ1n) is 11.4. The minimum absolute atomic E-state index is 0.0263. The molecular weight excluding hydrogens is 408 g/mol. The van der Waals surface area contributed by atoms with Gasteiger partial charge in [-0.25, -0.2) is 15.0 Å². The number of carbonyl (C=O) groups excluding carboxylic acids is 2. The fourth-order valence-corrected chi connectivity index (χ4v) is 5.41. The predicted molar refractivity (Wildman–Crippen MR) is 116 cm³/mol. The summed E-state index contributed by atoms with van der Waals surface area (Å²) in [5, 5.41) is 17.1. The molecule has 0 aromatic carbocycles. The fraction of sp³-hybridized carbons (Fsp3) is 0.522. The molecule has 168 valence electrons. The molecule has 2 aromatic rings. The molecule has 2 aliphatic carbocycles. The maximum atomic E-state index is 12.7. The van der Waals surface area contributed by atoms with Crippen molar-refractivity contribution < 1.29 is 14.8 Å². The van der Waals surface area contributed by atoms with Gasteiger partial charge in [0.1, 0.15) is 12.1 Å². The number of hydrogen-bond donors (Lipinski definition) is 3. The van der Waals surface area contributed by atoms with E-state index in [1.807, 2.05) is 6.92 Å². The number of anilines is 1. The number of amides is 2. The molecule has 3 aliphatic rings. The summed E-state index contributed by atoms with van der Waals surface area (Å²) in [7, 11) is 0. The van der Waals surface area contributed by atoms with Gasteiger partial charge in [0.15, 0.2) is 11.3 Å². The van der Waals surface area contributed by atoms with E-state index in [-0.39, 0.29) is 23.2 Å². The highest BCUT2D eigenvalue weighted by Gasteiger charge is 2.47. The van der Waals surface area contributed by atoms with Crippen molar-refractivity contribution in [2.75, 3.05) is 5.32 Å². The van der Waals surface area contributed by atoms with E-state index in [0.29, 0.717) is 22.9 Å². The zero-order valence-electron chi connectivity index (χ0n) is 18.2. The lowest BCUT2D eigenvalue weighted by Crippen LogP contribution is -2.43. The highest BCUT2D eigenvalue weighted by molar-refractivity contribution is 6.00. The van der Waals surface area contributed by atoms with E-state index in [0.717, 1.165) is 68.1 Å². The van der Waals surface area contributed by atoms with Crippen molar-refractivity contribution in [1.82, 2.24) is 20.0 Å². The zero-order valence-corrected chi connectivity index (χ0v) is 18.2. The molecule has 0 radical (unpaired) electrons. The maximum absolute atomic E-state index is 12.7. The first-order valence-corrected chi connectivity index (χ1v) is 11.4. The number of aryl methyl sites for hydroxylation is 1. The van der Waals surface area contributed by atoms with E-state index in [1.54, 1.807) is 12.1 Å². The van der Waals surface area contributed by atoms with Gasteiger partial charge in [-0.3, -0.25) is 9.59 Å². The molecule has 5 rings (SSSR count). The van der Waals surface area contributed by atoms with Gasteiger partial charge < -0.3 is 15.8 Å². The van der Waals surface area contributed by atoms with Gasteiger partial charge in [0, 0.05) is 12.0 Å². The van der Waals surface area contributed by atoms with Crippen LogP contribution in [0.3, 0.4) is 0 Å². The summed E-state index contributed by atoms with van der Waals surface area (Å²) in [6.07, 6.45) is 10.0. The first kappa shape index (κ1) is 20.7. The Kier molecular flexibility index (Phi) is 5.19. The molecule has 1 aliphatic heterocycles. The fourth-order valence-electron chi connectivity index (χ4n) is 5.41. The maximum Gasteiger partial charge on any atom is 0.254 e. The van der Waals surface area contributed by atoms with Crippen LogP contribution in [-0.2, 0) is 10.3 Å². The van der Waals surface area contributed by atoms with Crippen LogP contribution in [0.4, 0.5) is 11.6 Å². The number of pyridine rings is 1. The molecule has 9 heteroatoms. The van der Waals surface area contributed by atoms with Crippen molar-refractivity contribution in [2.24, 2.45) is 10.9 Å². The summed E-state index contributed by atoms with van der Waals surface area (Å²) < 4.78 is 1.03. The third-order valence-electron chi connectivity index (χ3n) is 7.00. The van der Waals surface area contributed by atoms with Crippen LogP contribution in [0.1, 0.15) is 79.4 Å². The second-order valence-corrected chi connectivity index (χ2v) is 9.16. The predicted octanol–water partition coefficient (Wildman–Crippen LogP) is 3.09. The van der Waals surface area contributed by atoms with Crippen molar-refractivity contribution in [2.45, 2.75) is 70.3 Å². The highest BCUT2D eigenvalue weighted by Crippen LogP contribution is 2.42. The van der Waals surface area contributed by atoms with Crippen molar-refractivity contribution in [1.29, 1.82) is 0 Å². The van der Waals surface area contributed by atoms with Crippen LogP contribution < -0.4 is 16.1 Å². The lowest BCUT2D eigenvalue weighted by molar-refractivity contribution is -0.119. The van der Waals surface area contributed by atoms with E-state index in [1.165, 1.54) is 6.33 Å². The van der Waals surface area contributed by atoms with Gasteiger partial charge >= 0.3 is 0 Å². The smallest absolute Gasteiger partial charge is 0.254 e. The summed E-state index contributed by atoms with van der Waals surface area (Å²) in [6, 6.07) is 3.27. The molecule has 0 bridgehead atoms. The van der Waals surface area contributed by atoms with Gasteiger partial charge in [-0.05, 0) is 44.2 Å². The van der Waals surface area contributed by atoms with Crippen LogP contribution in [-0.4, -0.2) is 31.7 Å². The van der Waals surface area contributed by atoms with Gasteiger partial charge in [0.05, 0.1) is 16.8 Å². The topological polar surface area (TPSA) is 122 Å². The molecule has 32 heavy (non-hydrogen) atoms. The molecule has 0 saturated heterocycles. The van der Waals surface area contributed by atoms with Crippen LogP contribution in [0.25, 0.3) is 0 Å². The minimum Gasteiger partial charge on any atom is -0.427 e. The second-order valence-electron chi connectivity index (χ2n) is 9.16. The zero-order chi connectivity index (χ0) is 22.3. The first-order chi connectivity index (χ1) is 15.5. The largest absolute Gasteiger partial charge is 0.427 e. The Morgan fingerprint density at radius 3 is 2.69 bits per heavy atom. The van der Waals surface area contributed by atoms with E-state index in [4.69, 9.17) is 0 Å². The Morgan fingerprint density at radius 2 is 1.94 bits per heavy atom. The molecule has 2 aromatic heterocycles. The second kappa shape index (κ2) is 8.03. The average Bonchev–Trinajstić information content (AvgIpc) is 3.40. The molecule has 2 fully saturated rings. The van der Waals surface area contributed by atoms with Gasteiger partial charge in [0.25, 0.3) is 5.91 Å². The van der Waals surface area contributed by atoms with E-state index in [9.17, 15) is 14.8 Å². The monoisotopic (exact) mass is 436 g/mol. The SMILES string of the molecule is Cc1cc(=Nc2cc(NC(=O)C3CCCC3)ncn2)n(O)c2c1C(=O)NC21CCCCC1. The Labute approximate surface area is 186 Å². The Morgan fingerprint density at radius 1 is 1.19 bits per heavy atom. The van der Waals surface area contributed by atoms with E-state index >= 15 is 0 Å². The molecular formula is C23H28N6O3. The van der Waals surface area contributed by atoms with Crippen molar-refractivity contribution in [3.8, 4) is 0 Å². The third kappa shape index (κ3) is 3.55. The molecule has 3 heterocycles. The van der Waals surface area contributed by atoms with Crippen LogP contribution in [0.15, 0.2) is 23.5 Å². The molecule has 1 spiro atoms. The number of rotatable bonds is 3. The lowest BCUT2D eigenvalue weighted by Gasteiger charge is -2.34. The highest BCUT2D eigenvalue weighted by atomic mass is 16.5. The van der Waals surface area contributed by atoms with Gasteiger partial charge in [-0.1, -0.05) is 32.1 Å². The summed E-state index contributed by atoms with van der Waals surface area (Å²) in [4.78, 5) is 38.0. The number of nitrogens with one attached hydrogen (secondary N) is 2. The van der Waals surface area contributed by atoms with Gasteiger partial charge in [-0.2, -0.15) is 4.73 Å². The molecule has 0 atom stereocenters. The average molecular weight is 437 g/mol. The lowest BCUT2D eigenvalue weighted by atomic mass is 9.79. The molecule has 0 unspecified atom stereocenters. The van der Waals surface area contributed by atoms with E-state index in [2.05, 4.69) is 25.6 Å². The number of carbonyl (C=O) groups is 2. The quantitative estimate of drug-likeness (QED) is 0.639. The number of aromatic nitrogens is 3. The van der Waals surface area contributed by atoms with E-state index < -0.39 is 5.54 Å². The summed E-state index contributed by atoms with van der Waals surface area (Å²) in [6.45, 7) is 1.85. The molecule has 9 nitrogen and oxygen atoms in total. The Hall–Kier alpha value is -3.23.